The van der Waals surface area contributed by atoms with Crippen LogP contribution in [0.2, 0.25) is 0 Å². The maximum absolute atomic E-state index is 12.7. The molecule has 2 aromatic carbocycles. The molecule has 6 nitrogen and oxygen atoms in total. The minimum Gasteiger partial charge on any atom is -0.493 e. The second-order valence-electron chi connectivity index (χ2n) is 7.40. The van der Waals surface area contributed by atoms with E-state index in [1.54, 1.807) is 27.0 Å². The second-order valence-corrected chi connectivity index (χ2v) is 9.00. The van der Waals surface area contributed by atoms with Gasteiger partial charge in [-0.1, -0.05) is 43.9 Å². The second kappa shape index (κ2) is 11.0. The Bertz CT molecular complexity index is 962. The molecule has 0 atom stereocenters. The molecule has 0 unspecified atom stereocenters. The molecule has 2 aromatic rings. The normalized spacial score (nSPS) is 11.6. The molecular weight excluding hydrogens is 400 g/mol. The molecule has 30 heavy (non-hydrogen) atoms. The zero-order valence-electron chi connectivity index (χ0n) is 18.5. The van der Waals surface area contributed by atoms with Gasteiger partial charge in [0, 0.05) is 0 Å². The Hall–Kier alpha value is -2.54. The standard InChI is InChI=1S/C23H32N2O4S/c1-6-7-8-9-12-29-21-11-10-20(15-22(21)28-5)16-24-25-30(26,27)23-18(3)13-17(2)14-19(23)4/h10-11,13-16,25H,6-9,12H2,1-5H3/b24-16+. The zero-order chi connectivity index (χ0) is 22.1. The Labute approximate surface area is 180 Å². The molecule has 2 rings (SSSR count). The summed E-state index contributed by atoms with van der Waals surface area (Å²) in [6.45, 7) is 8.31. The van der Waals surface area contributed by atoms with Gasteiger partial charge in [0.15, 0.2) is 11.5 Å². The molecule has 0 bridgehead atoms. The molecule has 0 radical (unpaired) electrons. The lowest BCUT2D eigenvalue weighted by atomic mass is 10.1. The summed E-state index contributed by atoms with van der Waals surface area (Å²) in [5.41, 5.74) is 3.10. The fourth-order valence-corrected chi connectivity index (χ4v) is 4.65. The molecule has 0 amide bonds. The Morgan fingerprint density at radius 2 is 1.70 bits per heavy atom. The SMILES string of the molecule is CCCCCCOc1ccc(/C=N/NS(=O)(=O)c2c(C)cc(C)cc2C)cc1OC. The number of sulfonamides is 1. The fraction of sp³-hybridized carbons (Fsp3) is 0.435. The van der Waals surface area contributed by atoms with Crippen LogP contribution in [0.1, 0.15) is 54.9 Å². The maximum Gasteiger partial charge on any atom is 0.277 e. The number of hydrogen-bond acceptors (Lipinski definition) is 5. The van der Waals surface area contributed by atoms with Crippen LogP contribution in [0.15, 0.2) is 40.3 Å². The maximum atomic E-state index is 12.7. The number of nitrogens with zero attached hydrogens (tertiary/aromatic N) is 1. The summed E-state index contributed by atoms with van der Waals surface area (Å²) in [4.78, 5) is 2.56. The average Bonchev–Trinajstić information content (AvgIpc) is 2.67. The lowest BCUT2D eigenvalue weighted by Crippen LogP contribution is -2.20. The van der Waals surface area contributed by atoms with Crippen LogP contribution in [0.3, 0.4) is 0 Å². The summed E-state index contributed by atoms with van der Waals surface area (Å²) in [6.07, 6.45) is 5.98. The van der Waals surface area contributed by atoms with E-state index in [1.807, 2.05) is 31.2 Å². The largest absolute Gasteiger partial charge is 0.493 e. The van der Waals surface area contributed by atoms with E-state index in [9.17, 15) is 8.42 Å². The van der Waals surface area contributed by atoms with E-state index in [0.29, 0.717) is 34.8 Å². The first-order valence-electron chi connectivity index (χ1n) is 10.2. The lowest BCUT2D eigenvalue weighted by molar-refractivity contribution is 0.285. The highest BCUT2D eigenvalue weighted by Crippen LogP contribution is 2.28. The summed E-state index contributed by atoms with van der Waals surface area (Å²) >= 11 is 0. The summed E-state index contributed by atoms with van der Waals surface area (Å²) in [5, 5.41) is 3.94. The van der Waals surface area contributed by atoms with E-state index in [2.05, 4.69) is 16.9 Å². The number of unbranched alkanes of at least 4 members (excludes halogenated alkanes) is 3. The molecule has 1 N–H and O–H groups in total. The van der Waals surface area contributed by atoms with E-state index in [1.165, 1.54) is 19.1 Å². The molecule has 0 aliphatic heterocycles. The van der Waals surface area contributed by atoms with Crippen molar-refractivity contribution >= 4 is 16.2 Å². The van der Waals surface area contributed by atoms with E-state index >= 15 is 0 Å². The van der Waals surface area contributed by atoms with Crippen LogP contribution < -0.4 is 14.3 Å². The van der Waals surface area contributed by atoms with Crippen LogP contribution in [-0.2, 0) is 10.0 Å². The molecule has 0 saturated carbocycles. The first-order valence-corrected chi connectivity index (χ1v) is 11.7. The first-order chi connectivity index (χ1) is 14.3. The van der Waals surface area contributed by atoms with E-state index in [4.69, 9.17) is 9.47 Å². The fourth-order valence-electron chi connectivity index (χ4n) is 3.40. The van der Waals surface area contributed by atoms with Crippen LogP contribution >= 0.6 is 0 Å². The molecule has 0 spiro atoms. The Morgan fingerprint density at radius 1 is 1.00 bits per heavy atom. The van der Waals surface area contributed by atoms with E-state index < -0.39 is 10.0 Å². The van der Waals surface area contributed by atoms with Crippen molar-refractivity contribution in [2.75, 3.05) is 13.7 Å². The van der Waals surface area contributed by atoms with Gasteiger partial charge in [0.2, 0.25) is 0 Å². The molecule has 0 aliphatic carbocycles. The smallest absolute Gasteiger partial charge is 0.277 e. The van der Waals surface area contributed by atoms with Crippen molar-refractivity contribution < 1.29 is 17.9 Å². The molecular formula is C23H32N2O4S. The van der Waals surface area contributed by atoms with Gasteiger partial charge in [-0.3, -0.25) is 0 Å². The van der Waals surface area contributed by atoms with Crippen LogP contribution in [0.5, 0.6) is 11.5 Å². The van der Waals surface area contributed by atoms with Gasteiger partial charge in [0.05, 0.1) is 24.8 Å². The van der Waals surface area contributed by atoms with Gasteiger partial charge in [-0.25, -0.2) is 4.83 Å². The molecule has 7 heteroatoms. The minimum absolute atomic E-state index is 0.259. The molecule has 0 heterocycles. The molecule has 164 valence electrons. The third-order valence-electron chi connectivity index (χ3n) is 4.70. The highest BCUT2D eigenvalue weighted by Gasteiger charge is 2.19. The van der Waals surface area contributed by atoms with Crippen molar-refractivity contribution in [1.82, 2.24) is 4.83 Å². The van der Waals surface area contributed by atoms with Crippen LogP contribution in [0, 0.1) is 20.8 Å². The third-order valence-corrected chi connectivity index (χ3v) is 6.23. The van der Waals surface area contributed by atoms with Gasteiger partial charge >= 0.3 is 0 Å². The zero-order valence-corrected chi connectivity index (χ0v) is 19.3. The predicted molar refractivity (Wildman–Crippen MR) is 121 cm³/mol. The lowest BCUT2D eigenvalue weighted by Gasteiger charge is -2.12. The van der Waals surface area contributed by atoms with Gasteiger partial charge in [0.1, 0.15) is 0 Å². The number of rotatable bonds is 11. The number of methoxy groups -OCH3 is 1. The van der Waals surface area contributed by atoms with Gasteiger partial charge in [0.25, 0.3) is 10.0 Å². The van der Waals surface area contributed by atoms with Crippen molar-refractivity contribution in [2.45, 2.75) is 58.3 Å². The van der Waals surface area contributed by atoms with Gasteiger partial charge in [-0.15, -0.1) is 0 Å². The summed E-state index contributed by atoms with van der Waals surface area (Å²) in [6, 6.07) is 9.07. The van der Waals surface area contributed by atoms with Crippen LogP contribution in [0.4, 0.5) is 0 Å². The predicted octanol–water partition coefficient (Wildman–Crippen LogP) is 4.89. The van der Waals surface area contributed by atoms with Gasteiger partial charge in [-0.2, -0.15) is 13.5 Å². The van der Waals surface area contributed by atoms with Crippen molar-refractivity contribution in [1.29, 1.82) is 0 Å². The van der Waals surface area contributed by atoms with Gasteiger partial charge < -0.3 is 9.47 Å². The molecule has 0 saturated heterocycles. The number of benzene rings is 2. The topological polar surface area (TPSA) is 77.0 Å². The minimum atomic E-state index is -3.76. The van der Waals surface area contributed by atoms with E-state index in [0.717, 1.165) is 18.4 Å². The van der Waals surface area contributed by atoms with Crippen LogP contribution in [-0.4, -0.2) is 28.3 Å². The van der Waals surface area contributed by atoms with Crippen molar-refractivity contribution in [3.8, 4) is 11.5 Å². The summed E-state index contributed by atoms with van der Waals surface area (Å²) in [5.74, 6) is 1.25. The quantitative estimate of drug-likeness (QED) is 0.311. The monoisotopic (exact) mass is 432 g/mol. The third kappa shape index (κ3) is 6.49. The number of hydrogen-bond donors (Lipinski definition) is 1. The number of ether oxygens (including phenoxy) is 2. The van der Waals surface area contributed by atoms with E-state index in [-0.39, 0.29) is 4.90 Å². The number of hydrazone groups is 1. The van der Waals surface area contributed by atoms with Gasteiger partial charge in [-0.05, 0) is 62.1 Å². The Kier molecular flexibility index (Phi) is 8.72. The summed E-state index contributed by atoms with van der Waals surface area (Å²) in [7, 11) is -2.18. The highest BCUT2D eigenvalue weighted by atomic mass is 32.2. The molecule has 0 aliphatic rings. The Morgan fingerprint density at radius 3 is 2.33 bits per heavy atom. The number of aryl methyl sites for hydroxylation is 3. The van der Waals surface area contributed by atoms with Crippen molar-refractivity contribution in [3.63, 3.8) is 0 Å². The first kappa shape index (κ1) is 23.7. The highest BCUT2D eigenvalue weighted by molar-refractivity contribution is 7.89. The van der Waals surface area contributed by atoms with Crippen molar-refractivity contribution in [3.05, 3.63) is 52.6 Å². The average molecular weight is 433 g/mol. The van der Waals surface area contributed by atoms with Crippen molar-refractivity contribution in [2.24, 2.45) is 5.10 Å². The molecule has 0 fully saturated rings. The summed E-state index contributed by atoms with van der Waals surface area (Å²) < 4.78 is 36.6. The molecule has 0 aromatic heterocycles. The Balaban J connectivity index is 2.07. The van der Waals surface area contributed by atoms with Crippen LogP contribution in [0.25, 0.3) is 0 Å². The number of nitrogens with one attached hydrogen (secondary N) is 1.